The Morgan fingerprint density at radius 2 is 1.62 bits per heavy atom. The fraction of sp³-hybridized carbons (Fsp3) is 0.364. The number of hydrogen-bond acceptors (Lipinski definition) is 3. The molecule has 0 aliphatic heterocycles. The van der Waals surface area contributed by atoms with Crippen molar-refractivity contribution < 1.29 is 14.1 Å². The number of hydrogen-bond donors (Lipinski definition) is 0. The summed E-state index contributed by atoms with van der Waals surface area (Å²) in [6.07, 6.45) is 1.83. The summed E-state index contributed by atoms with van der Waals surface area (Å²) in [5.41, 5.74) is 3.89. The van der Waals surface area contributed by atoms with Crippen LogP contribution in [0, 0.1) is 25.7 Å². The van der Waals surface area contributed by atoms with Gasteiger partial charge in [-0.05, 0) is 49.3 Å². The van der Waals surface area contributed by atoms with E-state index in [0.29, 0.717) is 0 Å². The van der Waals surface area contributed by atoms with Gasteiger partial charge >= 0.3 is 5.97 Å². The first-order chi connectivity index (χ1) is 12.4. The normalized spacial score (nSPS) is 13.1. The molecule has 138 valence electrons. The second-order valence-corrected chi connectivity index (χ2v) is 7.17. The molecule has 3 unspecified atom stereocenters. The van der Waals surface area contributed by atoms with Crippen LogP contribution in [0.3, 0.4) is 0 Å². The van der Waals surface area contributed by atoms with Crippen LogP contribution in [0.25, 0.3) is 0 Å². The van der Waals surface area contributed by atoms with Gasteiger partial charge in [0.1, 0.15) is 0 Å². The number of aryl methyl sites for hydroxylation is 3. The Kier molecular flexibility index (Phi) is 7.53. The average molecular weight is 370 g/mol. The zero-order valence-corrected chi connectivity index (χ0v) is 16.9. The van der Waals surface area contributed by atoms with Gasteiger partial charge in [0.05, 0.1) is 15.9 Å². The number of Topliss-reactive ketones (excluding diaryl/α,β-unsaturated/α-hetero) is 1. The Hall–Kier alpha value is -1.99. The SMILES string of the molecule is Cc1cccc(C)c1C(=O)C(CC(=O)OP)C(C)CCc1ccccc1. The van der Waals surface area contributed by atoms with E-state index in [1.807, 2.05) is 59.7 Å². The fourth-order valence-electron chi connectivity index (χ4n) is 3.41. The molecule has 0 fully saturated rings. The Labute approximate surface area is 158 Å². The number of ketones is 1. The highest BCUT2D eigenvalue weighted by Crippen LogP contribution is 2.28. The van der Waals surface area contributed by atoms with Gasteiger partial charge in [-0.3, -0.25) is 9.59 Å². The molecule has 0 aliphatic carbocycles. The third-order valence-corrected chi connectivity index (χ3v) is 5.26. The Balaban J connectivity index is 2.21. The molecule has 26 heavy (non-hydrogen) atoms. The van der Waals surface area contributed by atoms with Gasteiger partial charge in [0, 0.05) is 11.5 Å². The maximum Gasteiger partial charge on any atom is 0.308 e. The molecular formula is C22H27O3P. The summed E-state index contributed by atoms with van der Waals surface area (Å²) in [6, 6.07) is 16.1. The highest BCUT2D eigenvalue weighted by atomic mass is 31.0. The largest absolute Gasteiger partial charge is 0.451 e. The van der Waals surface area contributed by atoms with E-state index in [2.05, 4.69) is 19.1 Å². The Morgan fingerprint density at radius 1 is 1.00 bits per heavy atom. The van der Waals surface area contributed by atoms with E-state index in [9.17, 15) is 9.59 Å². The first-order valence-corrected chi connectivity index (χ1v) is 9.45. The number of carbonyl (C=O) groups is 2. The number of benzene rings is 2. The van der Waals surface area contributed by atoms with Crippen LogP contribution in [0.15, 0.2) is 48.5 Å². The van der Waals surface area contributed by atoms with Crippen LogP contribution in [0.4, 0.5) is 0 Å². The van der Waals surface area contributed by atoms with Gasteiger partial charge in [0.15, 0.2) is 5.78 Å². The predicted octanol–water partition coefficient (Wildman–Crippen LogP) is 5.09. The molecule has 0 spiro atoms. The standard InChI is InChI=1S/C22H27O3P/c1-15(12-13-18-10-5-4-6-11-18)19(14-20(23)25-26)22(24)21-16(2)8-7-9-17(21)3/h4-11,15,19H,12-14,26H2,1-3H3. The van der Waals surface area contributed by atoms with Crippen LogP contribution in [0.2, 0.25) is 0 Å². The van der Waals surface area contributed by atoms with E-state index < -0.39 is 0 Å². The molecule has 2 aromatic carbocycles. The molecular weight excluding hydrogens is 343 g/mol. The van der Waals surface area contributed by atoms with Crippen LogP contribution in [0.1, 0.15) is 46.8 Å². The summed E-state index contributed by atoms with van der Waals surface area (Å²) < 4.78 is 4.77. The van der Waals surface area contributed by atoms with Crippen LogP contribution < -0.4 is 0 Å². The lowest BCUT2D eigenvalue weighted by molar-refractivity contribution is -0.134. The second kappa shape index (κ2) is 9.64. The van der Waals surface area contributed by atoms with Gasteiger partial charge in [-0.2, -0.15) is 0 Å². The smallest absolute Gasteiger partial charge is 0.308 e. The monoisotopic (exact) mass is 370 g/mol. The van der Waals surface area contributed by atoms with E-state index in [-0.39, 0.29) is 30.0 Å². The summed E-state index contributed by atoms with van der Waals surface area (Å²) >= 11 is 0. The lowest BCUT2D eigenvalue weighted by atomic mass is 9.79. The molecule has 3 nitrogen and oxygen atoms in total. The third kappa shape index (κ3) is 5.25. The van der Waals surface area contributed by atoms with Gasteiger partial charge in [-0.15, -0.1) is 0 Å². The average Bonchev–Trinajstić information content (AvgIpc) is 2.64. The Morgan fingerprint density at radius 3 is 2.19 bits per heavy atom. The van der Waals surface area contributed by atoms with Crippen LogP contribution in [0.5, 0.6) is 0 Å². The molecule has 2 aromatic rings. The minimum absolute atomic E-state index is 0.0385. The van der Waals surface area contributed by atoms with Crippen molar-refractivity contribution in [2.45, 2.75) is 40.0 Å². The summed E-state index contributed by atoms with van der Waals surface area (Å²) in [7, 11) is 1.98. The summed E-state index contributed by atoms with van der Waals surface area (Å²) in [5.74, 6) is -0.639. The maximum absolute atomic E-state index is 13.3. The molecule has 0 aromatic heterocycles. The quantitative estimate of drug-likeness (QED) is 0.480. The highest BCUT2D eigenvalue weighted by molar-refractivity contribution is 7.10. The lowest BCUT2D eigenvalue weighted by Gasteiger charge is -2.23. The van der Waals surface area contributed by atoms with Gasteiger partial charge in [0.2, 0.25) is 0 Å². The van der Waals surface area contributed by atoms with Crippen LogP contribution >= 0.6 is 9.47 Å². The van der Waals surface area contributed by atoms with Gasteiger partial charge in [-0.25, -0.2) is 0 Å². The third-order valence-electron chi connectivity index (χ3n) is 5.00. The molecule has 0 radical (unpaired) electrons. The summed E-state index contributed by atoms with van der Waals surface area (Å²) in [4.78, 5) is 25.2. The lowest BCUT2D eigenvalue weighted by Crippen LogP contribution is -2.27. The van der Waals surface area contributed by atoms with E-state index in [1.165, 1.54) is 5.56 Å². The van der Waals surface area contributed by atoms with Crippen molar-refractivity contribution in [2.75, 3.05) is 0 Å². The summed E-state index contributed by atoms with van der Waals surface area (Å²) in [6.45, 7) is 5.94. The molecule has 4 heteroatoms. The summed E-state index contributed by atoms with van der Waals surface area (Å²) in [5, 5.41) is 0. The van der Waals surface area contributed by atoms with E-state index >= 15 is 0 Å². The van der Waals surface area contributed by atoms with Crippen molar-refractivity contribution in [3.05, 3.63) is 70.8 Å². The van der Waals surface area contributed by atoms with Gasteiger partial charge in [0.25, 0.3) is 0 Å². The molecule has 0 bridgehead atoms. The number of rotatable bonds is 8. The van der Waals surface area contributed by atoms with Crippen molar-refractivity contribution in [3.63, 3.8) is 0 Å². The van der Waals surface area contributed by atoms with E-state index in [0.717, 1.165) is 29.5 Å². The van der Waals surface area contributed by atoms with Crippen molar-refractivity contribution in [1.29, 1.82) is 0 Å². The van der Waals surface area contributed by atoms with Crippen molar-refractivity contribution in [1.82, 2.24) is 0 Å². The molecule has 0 N–H and O–H groups in total. The zero-order valence-electron chi connectivity index (χ0n) is 15.7. The zero-order chi connectivity index (χ0) is 19.1. The first kappa shape index (κ1) is 20.3. The van der Waals surface area contributed by atoms with Crippen molar-refractivity contribution in [2.24, 2.45) is 11.8 Å². The van der Waals surface area contributed by atoms with Gasteiger partial charge in [-0.1, -0.05) is 55.5 Å². The molecule has 0 heterocycles. The second-order valence-electron chi connectivity index (χ2n) is 6.93. The highest BCUT2D eigenvalue weighted by Gasteiger charge is 2.30. The van der Waals surface area contributed by atoms with Crippen LogP contribution in [-0.2, 0) is 15.7 Å². The van der Waals surface area contributed by atoms with E-state index in [4.69, 9.17) is 4.52 Å². The molecule has 2 rings (SSSR count). The Bertz CT molecular complexity index is 735. The molecule has 0 saturated carbocycles. The van der Waals surface area contributed by atoms with E-state index in [1.54, 1.807) is 0 Å². The molecule has 0 aliphatic rings. The predicted molar refractivity (Wildman–Crippen MR) is 108 cm³/mol. The molecule has 0 saturated heterocycles. The fourth-order valence-corrected chi connectivity index (χ4v) is 3.50. The first-order valence-electron chi connectivity index (χ1n) is 8.98. The van der Waals surface area contributed by atoms with Gasteiger partial charge < -0.3 is 4.52 Å². The minimum atomic E-state index is -0.383. The number of carbonyl (C=O) groups excluding carboxylic acids is 2. The molecule has 3 atom stereocenters. The topological polar surface area (TPSA) is 43.4 Å². The van der Waals surface area contributed by atoms with Crippen molar-refractivity contribution in [3.8, 4) is 0 Å². The van der Waals surface area contributed by atoms with Crippen molar-refractivity contribution >= 4 is 21.2 Å². The minimum Gasteiger partial charge on any atom is -0.451 e. The molecule has 0 amide bonds. The maximum atomic E-state index is 13.3. The van der Waals surface area contributed by atoms with Crippen LogP contribution in [-0.4, -0.2) is 11.8 Å².